The highest BCUT2D eigenvalue weighted by molar-refractivity contribution is 6.10. The van der Waals surface area contributed by atoms with Crippen LogP contribution in [0.4, 0.5) is 0 Å². The molecule has 8 rings (SSSR count). The van der Waals surface area contributed by atoms with Crippen molar-refractivity contribution in [1.29, 1.82) is 0 Å². The molecular weight excluding hydrogens is 534 g/mol. The van der Waals surface area contributed by atoms with Crippen LogP contribution in [0.5, 0.6) is 0 Å². The van der Waals surface area contributed by atoms with E-state index in [2.05, 4.69) is 133 Å². The van der Waals surface area contributed by atoms with E-state index in [4.69, 9.17) is 9.97 Å². The van der Waals surface area contributed by atoms with Gasteiger partial charge in [-0.15, -0.1) is 0 Å². The number of hydrogen-bond acceptors (Lipinski definition) is 2. The molecule has 0 aliphatic heterocycles. The highest BCUT2D eigenvalue weighted by atomic mass is 15.0. The van der Waals surface area contributed by atoms with E-state index in [1.807, 2.05) is 36.4 Å². The summed E-state index contributed by atoms with van der Waals surface area (Å²) in [6.45, 7) is 2.32. The Balaban J connectivity index is 1.12. The van der Waals surface area contributed by atoms with Crippen LogP contribution in [0.25, 0.3) is 61.4 Å². The molecule has 3 nitrogen and oxygen atoms in total. The van der Waals surface area contributed by atoms with Gasteiger partial charge < -0.3 is 4.57 Å². The van der Waals surface area contributed by atoms with Crippen LogP contribution in [0.2, 0.25) is 0 Å². The van der Waals surface area contributed by atoms with Crippen LogP contribution in [-0.2, 0) is 5.41 Å². The summed E-state index contributed by atoms with van der Waals surface area (Å²) in [7, 11) is 0. The molecule has 0 fully saturated rings. The van der Waals surface area contributed by atoms with Crippen molar-refractivity contribution in [2.45, 2.75) is 18.8 Å². The highest BCUT2D eigenvalue weighted by Crippen LogP contribution is 2.39. The van der Waals surface area contributed by atoms with Crippen LogP contribution in [0, 0.1) is 0 Å². The van der Waals surface area contributed by atoms with E-state index in [-0.39, 0.29) is 5.41 Å². The van der Waals surface area contributed by atoms with Crippen LogP contribution in [0.1, 0.15) is 18.9 Å². The number of benzene rings is 5. The Morgan fingerprint density at radius 3 is 1.61 bits per heavy atom. The predicted molar refractivity (Wildman–Crippen MR) is 183 cm³/mol. The Morgan fingerprint density at radius 1 is 0.568 bits per heavy atom. The van der Waals surface area contributed by atoms with E-state index < -0.39 is 0 Å². The molecule has 44 heavy (non-hydrogen) atoms. The number of hydrogen-bond donors (Lipinski definition) is 0. The summed E-state index contributed by atoms with van der Waals surface area (Å²) < 4.78 is 2.39. The summed E-state index contributed by atoms with van der Waals surface area (Å²) in [5.74, 6) is 0.731. The zero-order chi connectivity index (χ0) is 29.5. The van der Waals surface area contributed by atoms with E-state index in [9.17, 15) is 0 Å². The number of nitrogens with zero attached hydrogens (tertiary/aromatic N) is 3. The van der Waals surface area contributed by atoms with E-state index in [1.165, 1.54) is 33.1 Å². The van der Waals surface area contributed by atoms with Crippen LogP contribution in [0.3, 0.4) is 0 Å². The minimum atomic E-state index is -0.108. The first-order valence-corrected chi connectivity index (χ1v) is 15.2. The molecule has 1 aliphatic rings. The molecule has 0 N–H and O–H groups in total. The van der Waals surface area contributed by atoms with Crippen LogP contribution >= 0.6 is 0 Å². The first kappa shape index (κ1) is 26.1. The second-order valence-electron chi connectivity index (χ2n) is 11.7. The van der Waals surface area contributed by atoms with Gasteiger partial charge in [-0.3, -0.25) is 0 Å². The third kappa shape index (κ3) is 4.54. The highest BCUT2D eigenvalue weighted by Gasteiger charge is 2.26. The Morgan fingerprint density at radius 2 is 1.09 bits per heavy atom. The lowest BCUT2D eigenvalue weighted by Crippen LogP contribution is -2.20. The van der Waals surface area contributed by atoms with Crippen molar-refractivity contribution in [3.63, 3.8) is 0 Å². The Labute approximate surface area is 257 Å². The van der Waals surface area contributed by atoms with Gasteiger partial charge in [0.05, 0.1) is 22.4 Å². The molecule has 1 unspecified atom stereocenters. The van der Waals surface area contributed by atoms with Crippen molar-refractivity contribution in [2.24, 2.45) is 0 Å². The summed E-state index contributed by atoms with van der Waals surface area (Å²) in [6.07, 6.45) is 7.94. The monoisotopic (exact) mass is 565 g/mol. The van der Waals surface area contributed by atoms with Crippen molar-refractivity contribution in [3.8, 4) is 33.9 Å². The number of fused-ring (bicyclic) bond motifs is 3. The van der Waals surface area contributed by atoms with Gasteiger partial charge in [0.25, 0.3) is 0 Å². The molecule has 2 aromatic heterocycles. The molecule has 3 heteroatoms. The maximum Gasteiger partial charge on any atom is 0.160 e. The minimum absolute atomic E-state index is 0.108. The molecule has 0 saturated carbocycles. The fraction of sp³-hybridized carbons (Fsp3) is 0.0732. The van der Waals surface area contributed by atoms with Gasteiger partial charge in [-0.25, -0.2) is 9.97 Å². The minimum Gasteiger partial charge on any atom is -0.310 e. The van der Waals surface area contributed by atoms with Crippen molar-refractivity contribution in [2.75, 3.05) is 0 Å². The molecule has 1 aliphatic carbocycles. The summed E-state index contributed by atoms with van der Waals surface area (Å²) in [5.41, 5.74) is 9.87. The van der Waals surface area contributed by atoms with Gasteiger partial charge in [0.1, 0.15) is 0 Å². The van der Waals surface area contributed by atoms with E-state index >= 15 is 0 Å². The normalized spacial score (nSPS) is 16.3. The molecule has 0 saturated heterocycles. The zero-order valence-electron chi connectivity index (χ0n) is 24.6. The van der Waals surface area contributed by atoms with Gasteiger partial charge in [0.15, 0.2) is 5.82 Å². The first-order valence-electron chi connectivity index (χ1n) is 15.2. The quantitative estimate of drug-likeness (QED) is 0.208. The number of rotatable bonds is 5. The summed E-state index contributed by atoms with van der Waals surface area (Å²) in [6, 6.07) is 48.9. The maximum atomic E-state index is 5.01. The predicted octanol–water partition coefficient (Wildman–Crippen LogP) is 10.3. The molecule has 1 atom stereocenters. The standard InChI is InChI=1S/C41H31N3/c1-41(26-24-33(25-27-41)44-38-18-10-8-16-34(38)35-17-9-11-19-39(35)44)32-22-20-31(21-23-32)40-42-36(29-12-4-2-5-13-29)28-37(43-40)30-14-6-3-7-15-30/h2-26,28H,27H2,1H3. The average molecular weight is 566 g/mol. The van der Waals surface area contributed by atoms with E-state index in [0.29, 0.717) is 0 Å². The van der Waals surface area contributed by atoms with Crippen LogP contribution in [-0.4, -0.2) is 14.5 Å². The van der Waals surface area contributed by atoms with Crippen LogP contribution < -0.4 is 0 Å². The van der Waals surface area contributed by atoms with Crippen LogP contribution in [0.15, 0.2) is 158 Å². The first-order chi connectivity index (χ1) is 21.7. The number of aromatic nitrogens is 3. The molecule has 0 bridgehead atoms. The molecular formula is C41H31N3. The Kier molecular flexibility index (Phi) is 6.31. The topological polar surface area (TPSA) is 30.7 Å². The largest absolute Gasteiger partial charge is 0.310 e. The van der Waals surface area contributed by atoms with Gasteiger partial charge in [-0.1, -0.05) is 140 Å². The molecule has 210 valence electrons. The molecule has 5 aromatic carbocycles. The average Bonchev–Trinajstić information content (AvgIpc) is 3.44. The Hall–Kier alpha value is -5.54. The van der Waals surface area contributed by atoms with Gasteiger partial charge >= 0.3 is 0 Å². The summed E-state index contributed by atoms with van der Waals surface area (Å²) in [4.78, 5) is 10.0. The molecule has 0 spiro atoms. The lowest BCUT2D eigenvalue weighted by Gasteiger charge is -2.29. The second-order valence-corrected chi connectivity index (χ2v) is 11.7. The smallest absolute Gasteiger partial charge is 0.160 e. The van der Waals surface area contributed by atoms with Gasteiger partial charge in [0.2, 0.25) is 0 Å². The van der Waals surface area contributed by atoms with Gasteiger partial charge in [0, 0.05) is 38.6 Å². The number of allylic oxidation sites excluding steroid dienone is 4. The molecule has 0 amide bonds. The van der Waals surface area contributed by atoms with Crippen molar-refractivity contribution in [1.82, 2.24) is 14.5 Å². The van der Waals surface area contributed by atoms with Crippen molar-refractivity contribution in [3.05, 3.63) is 163 Å². The maximum absolute atomic E-state index is 5.01. The van der Waals surface area contributed by atoms with Gasteiger partial charge in [-0.05, 0) is 36.3 Å². The van der Waals surface area contributed by atoms with Crippen molar-refractivity contribution >= 4 is 27.5 Å². The fourth-order valence-electron chi connectivity index (χ4n) is 6.39. The van der Waals surface area contributed by atoms with Crippen molar-refractivity contribution < 1.29 is 0 Å². The third-order valence-electron chi connectivity index (χ3n) is 8.86. The lowest BCUT2D eigenvalue weighted by molar-refractivity contribution is 0.599. The molecule has 2 heterocycles. The van der Waals surface area contributed by atoms with E-state index in [1.54, 1.807) is 0 Å². The lowest BCUT2D eigenvalue weighted by atomic mass is 9.76. The fourth-order valence-corrected chi connectivity index (χ4v) is 6.39. The third-order valence-corrected chi connectivity index (χ3v) is 8.86. The SMILES string of the molecule is CC1(c2ccc(-c3nc(-c4ccccc4)cc(-c4ccccc4)n3)cc2)C=CC(n2c3ccccc3c3ccccc32)=CC1. The van der Waals surface area contributed by atoms with E-state index in [0.717, 1.165) is 40.3 Å². The van der Waals surface area contributed by atoms with Gasteiger partial charge in [-0.2, -0.15) is 0 Å². The molecule has 0 radical (unpaired) electrons. The summed E-state index contributed by atoms with van der Waals surface area (Å²) in [5, 5.41) is 2.57. The molecule has 7 aromatic rings. The second kappa shape index (κ2) is 10.6. The summed E-state index contributed by atoms with van der Waals surface area (Å²) >= 11 is 0. The number of para-hydroxylation sites is 2. The Bertz CT molecular complexity index is 2080. The zero-order valence-corrected chi connectivity index (χ0v) is 24.6.